The summed E-state index contributed by atoms with van der Waals surface area (Å²) in [5, 5.41) is 0. The van der Waals surface area contributed by atoms with Crippen molar-refractivity contribution in [2.75, 3.05) is 0 Å². The summed E-state index contributed by atoms with van der Waals surface area (Å²) in [7, 11) is 0. The average molecular weight is 177 g/mol. The largest absolute Gasteiger partial charge is 0.489 e. The van der Waals surface area contributed by atoms with Crippen molar-refractivity contribution in [3.05, 3.63) is 24.0 Å². The first-order chi connectivity index (χ1) is 6.27. The molecule has 0 N–H and O–H groups in total. The Labute approximate surface area is 78.9 Å². The van der Waals surface area contributed by atoms with Crippen molar-refractivity contribution in [1.82, 2.24) is 4.98 Å². The first-order valence-corrected chi connectivity index (χ1v) is 4.89. The maximum atomic E-state index is 5.76. The fourth-order valence-electron chi connectivity index (χ4n) is 1.30. The zero-order valence-corrected chi connectivity index (χ0v) is 8.16. The second-order valence-corrected chi connectivity index (χ2v) is 3.86. The molecule has 1 aliphatic rings. The Kier molecular flexibility index (Phi) is 2.21. The highest BCUT2D eigenvalue weighted by Gasteiger charge is 2.25. The first kappa shape index (κ1) is 8.54. The van der Waals surface area contributed by atoms with Gasteiger partial charge in [0.15, 0.2) is 0 Å². The minimum atomic E-state index is 0.440. The lowest BCUT2D eigenvalue weighted by Crippen LogP contribution is -2.02. The molecule has 0 saturated heterocycles. The van der Waals surface area contributed by atoms with E-state index in [-0.39, 0.29) is 0 Å². The monoisotopic (exact) mass is 177 g/mol. The molecule has 0 radical (unpaired) electrons. The molecular weight excluding hydrogens is 162 g/mol. The van der Waals surface area contributed by atoms with Crippen molar-refractivity contribution in [3.8, 4) is 5.75 Å². The lowest BCUT2D eigenvalue weighted by Gasteiger charge is -2.11. The second-order valence-electron chi connectivity index (χ2n) is 3.86. The quantitative estimate of drug-likeness (QED) is 0.708. The summed E-state index contributed by atoms with van der Waals surface area (Å²) >= 11 is 0. The highest BCUT2D eigenvalue weighted by molar-refractivity contribution is 5.29. The van der Waals surface area contributed by atoms with Gasteiger partial charge in [-0.15, -0.1) is 0 Å². The molecule has 2 rings (SSSR count). The Morgan fingerprint density at radius 3 is 2.85 bits per heavy atom. The Morgan fingerprint density at radius 1 is 1.46 bits per heavy atom. The molecule has 0 spiro atoms. The number of nitrogens with zero attached hydrogens (tertiary/aromatic N) is 1. The van der Waals surface area contributed by atoms with E-state index >= 15 is 0 Å². The summed E-state index contributed by atoms with van der Waals surface area (Å²) in [6, 6.07) is 3.95. The van der Waals surface area contributed by atoms with Crippen molar-refractivity contribution in [2.45, 2.75) is 38.7 Å². The van der Waals surface area contributed by atoms with Gasteiger partial charge in [-0.25, -0.2) is 0 Å². The van der Waals surface area contributed by atoms with Crippen LogP contribution in [0.25, 0.3) is 0 Å². The Balaban J connectivity index is 2.20. The molecule has 1 fully saturated rings. The smallest absolute Gasteiger partial charge is 0.141 e. The summed E-state index contributed by atoms with van der Waals surface area (Å²) < 4.78 is 5.76. The van der Waals surface area contributed by atoms with Crippen LogP contribution < -0.4 is 4.74 Å². The van der Waals surface area contributed by atoms with Crippen LogP contribution >= 0.6 is 0 Å². The van der Waals surface area contributed by atoms with E-state index in [4.69, 9.17) is 4.74 Å². The molecule has 1 aliphatic carbocycles. The van der Waals surface area contributed by atoms with Crippen molar-refractivity contribution < 1.29 is 4.74 Å². The molecule has 0 atom stereocenters. The third-order valence-electron chi connectivity index (χ3n) is 2.16. The molecule has 13 heavy (non-hydrogen) atoms. The molecule has 0 aliphatic heterocycles. The van der Waals surface area contributed by atoms with E-state index < -0.39 is 0 Å². The molecule has 70 valence electrons. The van der Waals surface area contributed by atoms with Crippen molar-refractivity contribution in [1.29, 1.82) is 0 Å². The van der Waals surface area contributed by atoms with E-state index in [1.165, 1.54) is 12.8 Å². The molecule has 0 aromatic carbocycles. The van der Waals surface area contributed by atoms with E-state index in [1.807, 2.05) is 18.3 Å². The van der Waals surface area contributed by atoms with Crippen LogP contribution in [0.3, 0.4) is 0 Å². The number of hydrogen-bond donors (Lipinski definition) is 0. The minimum absolute atomic E-state index is 0.440. The molecular formula is C11H15NO. The van der Waals surface area contributed by atoms with Crippen molar-refractivity contribution in [2.24, 2.45) is 0 Å². The van der Waals surface area contributed by atoms with Gasteiger partial charge in [0.1, 0.15) is 5.75 Å². The molecule has 1 heterocycles. The number of rotatable bonds is 3. The predicted octanol–water partition coefficient (Wildman–Crippen LogP) is 2.75. The van der Waals surface area contributed by atoms with Gasteiger partial charge in [0.25, 0.3) is 0 Å². The summed E-state index contributed by atoms with van der Waals surface area (Å²) in [5.41, 5.74) is 1.08. The van der Waals surface area contributed by atoms with Crippen LogP contribution in [0.4, 0.5) is 0 Å². The Hall–Kier alpha value is -1.05. The summed E-state index contributed by atoms with van der Waals surface area (Å²) in [4.78, 5) is 4.33. The maximum Gasteiger partial charge on any atom is 0.141 e. The van der Waals surface area contributed by atoms with Crippen LogP contribution in [0.2, 0.25) is 0 Å². The lowest BCUT2D eigenvalue weighted by atomic mass is 10.1. The molecule has 0 unspecified atom stereocenters. The van der Waals surface area contributed by atoms with Gasteiger partial charge < -0.3 is 4.74 Å². The predicted molar refractivity (Wildman–Crippen MR) is 52.0 cm³/mol. The SMILES string of the molecule is CC(C)c1ncccc1OC1CC1. The normalized spacial score (nSPS) is 16.2. The van der Waals surface area contributed by atoms with Gasteiger partial charge in [0.05, 0.1) is 11.8 Å². The average Bonchev–Trinajstić information content (AvgIpc) is 2.89. The van der Waals surface area contributed by atoms with Gasteiger partial charge in [0.2, 0.25) is 0 Å². The zero-order valence-electron chi connectivity index (χ0n) is 8.16. The van der Waals surface area contributed by atoms with Crippen molar-refractivity contribution >= 4 is 0 Å². The third-order valence-corrected chi connectivity index (χ3v) is 2.16. The lowest BCUT2D eigenvalue weighted by molar-refractivity contribution is 0.297. The maximum absolute atomic E-state index is 5.76. The van der Waals surface area contributed by atoms with Gasteiger partial charge >= 0.3 is 0 Å². The van der Waals surface area contributed by atoms with Crippen LogP contribution in [0.1, 0.15) is 38.3 Å². The zero-order chi connectivity index (χ0) is 9.26. The molecule has 2 heteroatoms. The van der Waals surface area contributed by atoms with E-state index in [2.05, 4.69) is 18.8 Å². The van der Waals surface area contributed by atoms with E-state index in [0.29, 0.717) is 12.0 Å². The standard InChI is InChI=1S/C11H15NO/c1-8(2)11-10(4-3-7-12-11)13-9-5-6-9/h3-4,7-9H,5-6H2,1-2H3. The van der Waals surface area contributed by atoms with Crippen molar-refractivity contribution in [3.63, 3.8) is 0 Å². The van der Waals surface area contributed by atoms with Gasteiger partial charge in [-0.2, -0.15) is 0 Å². The number of ether oxygens (including phenoxy) is 1. The van der Waals surface area contributed by atoms with Crippen LogP contribution in [0.5, 0.6) is 5.75 Å². The number of hydrogen-bond acceptors (Lipinski definition) is 2. The molecule has 1 aromatic heterocycles. The van der Waals surface area contributed by atoms with Crippen LogP contribution in [0.15, 0.2) is 18.3 Å². The minimum Gasteiger partial charge on any atom is -0.489 e. The van der Waals surface area contributed by atoms with E-state index in [1.54, 1.807) is 0 Å². The third kappa shape index (κ3) is 2.00. The summed E-state index contributed by atoms with van der Waals surface area (Å²) in [5.74, 6) is 1.41. The molecule has 1 aromatic rings. The van der Waals surface area contributed by atoms with E-state index in [9.17, 15) is 0 Å². The molecule has 0 bridgehead atoms. The van der Waals surface area contributed by atoms with Crippen LogP contribution in [0, 0.1) is 0 Å². The van der Waals surface area contributed by atoms with Gasteiger partial charge in [-0.1, -0.05) is 13.8 Å². The van der Waals surface area contributed by atoms with Crippen LogP contribution in [-0.4, -0.2) is 11.1 Å². The highest BCUT2D eigenvalue weighted by Crippen LogP contribution is 2.30. The number of aromatic nitrogens is 1. The van der Waals surface area contributed by atoms with E-state index in [0.717, 1.165) is 11.4 Å². The fraction of sp³-hybridized carbons (Fsp3) is 0.545. The summed E-state index contributed by atoms with van der Waals surface area (Å²) in [6.45, 7) is 4.28. The topological polar surface area (TPSA) is 22.1 Å². The Bertz CT molecular complexity index is 292. The molecule has 2 nitrogen and oxygen atoms in total. The molecule has 0 amide bonds. The fourth-order valence-corrected chi connectivity index (χ4v) is 1.30. The Morgan fingerprint density at radius 2 is 2.23 bits per heavy atom. The van der Waals surface area contributed by atoms with Gasteiger partial charge in [-0.3, -0.25) is 4.98 Å². The first-order valence-electron chi connectivity index (χ1n) is 4.89. The highest BCUT2D eigenvalue weighted by atomic mass is 16.5. The number of pyridine rings is 1. The molecule has 1 saturated carbocycles. The summed E-state index contributed by atoms with van der Waals surface area (Å²) in [6.07, 6.45) is 4.69. The van der Waals surface area contributed by atoms with Crippen LogP contribution in [-0.2, 0) is 0 Å². The second kappa shape index (κ2) is 3.36. The van der Waals surface area contributed by atoms with Gasteiger partial charge in [0, 0.05) is 6.20 Å². The van der Waals surface area contributed by atoms with Gasteiger partial charge in [-0.05, 0) is 30.9 Å².